The molecule has 1 aliphatic carbocycles. The predicted molar refractivity (Wildman–Crippen MR) is 40.2 cm³/mol. The van der Waals surface area contributed by atoms with E-state index in [1.54, 1.807) is 0 Å². The van der Waals surface area contributed by atoms with Crippen LogP contribution >= 0.6 is 0 Å². The summed E-state index contributed by atoms with van der Waals surface area (Å²) in [5.41, 5.74) is 0. The third kappa shape index (κ3) is 2.45. The van der Waals surface area contributed by atoms with E-state index in [1.165, 1.54) is 7.11 Å². The molecule has 1 aliphatic rings. The third-order valence-corrected chi connectivity index (χ3v) is 1.32. The lowest BCUT2D eigenvalue weighted by Gasteiger charge is -2.10. The van der Waals surface area contributed by atoms with E-state index in [-0.39, 0.29) is 6.10 Å². The van der Waals surface area contributed by atoms with E-state index >= 15 is 0 Å². The maximum atomic E-state index is 10.6. The van der Waals surface area contributed by atoms with E-state index < -0.39 is 6.16 Å². The van der Waals surface area contributed by atoms with Crippen LogP contribution in [0, 0.1) is 0 Å². The highest BCUT2D eigenvalue weighted by atomic mass is 16.7. The van der Waals surface area contributed by atoms with Gasteiger partial charge in [-0.1, -0.05) is 12.2 Å². The lowest BCUT2D eigenvalue weighted by Crippen LogP contribution is -2.14. The van der Waals surface area contributed by atoms with Crippen LogP contribution in [0.4, 0.5) is 4.79 Å². The molecule has 3 heteroatoms. The molecule has 3 nitrogen and oxygen atoms in total. The van der Waals surface area contributed by atoms with Gasteiger partial charge in [0.2, 0.25) is 0 Å². The van der Waals surface area contributed by atoms with Gasteiger partial charge in [0.05, 0.1) is 7.11 Å². The van der Waals surface area contributed by atoms with Crippen molar-refractivity contribution in [2.24, 2.45) is 0 Å². The molecule has 0 radical (unpaired) electrons. The van der Waals surface area contributed by atoms with Gasteiger partial charge in [-0.25, -0.2) is 4.79 Å². The molecule has 0 bridgehead atoms. The Morgan fingerprint density at radius 2 is 2.09 bits per heavy atom. The number of hydrogen-bond acceptors (Lipinski definition) is 3. The Hall–Kier alpha value is -1.25. The van der Waals surface area contributed by atoms with Gasteiger partial charge in [0, 0.05) is 0 Å². The SMILES string of the molecule is COC(=O)OC1C=CCC=C1. The van der Waals surface area contributed by atoms with Crippen molar-refractivity contribution in [3.8, 4) is 0 Å². The summed E-state index contributed by atoms with van der Waals surface area (Å²) in [6.07, 6.45) is 7.51. The molecule has 0 aliphatic heterocycles. The third-order valence-electron chi connectivity index (χ3n) is 1.32. The van der Waals surface area contributed by atoms with Gasteiger partial charge in [-0.15, -0.1) is 0 Å². The van der Waals surface area contributed by atoms with Gasteiger partial charge < -0.3 is 9.47 Å². The highest BCUT2D eigenvalue weighted by Gasteiger charge is 2.08. The van der Waals surface area contributed by atoms with Crippen molar-refractivity contribution in [1.29, 1.82) is 0 Å². The molecule has 0 aromatic heterocycles. The second-order valence-electron chi connectivity index (χ2n) is 2.13. The van der Waals surface area contributed by atoms with E-state index in [4.69, 9.17) is 4.74 Å². The van der Waals surface area contributed by atoms with Crippen LogP contribution in [0.3, 0.4) is 0 Å². The van der Waals surface area contributed by atoms with E-state index in [2.05, 4.69) is 4.74 Å². The summed E-state index contributed by atoms with van der Waals surface area (Å²) in [5.74, 6) is 0. The smallest absolute Gasteiger partial charge is 0.438 e. The second-order valence-corrected chi connectivity index (χ2v) is 2.13. The number of allylic oxidation sites excluding steroid dienone is 2. The number of carbonyl (C=O) groups is 1. The van der Waals surface area contributed by atoms with Crippen LogP contribution in [0.15, 0.2) is 24.3 Å². The second kappa shape index (κ2) is 3.81. The van der Waals surface area contributed by atoms with Crippen LogP contribution in [-0.2, 0) is 9.47 Å². The zero-order valence-corrected chi connectivity index (χ0v) is 6.32. The number of rotatable bonds is 1. The quantitative estimate of drug-likeness (QED) is 0.425. The van der Waals surface area contributed by atoms with Crippen molar-refractivity contribution >= 4 is 6.16 Å². The molecule has 0 saturated heterocycles. The Morgan fingerprint density at radius 1 is 1.45 bits per heavy atom. The standard InChI is InChI=1S/C8H10O3/c1-10-8(9)11-7-5-3-2-4-6-7/h3-7H,2H2,1H3. The zero-order chi connectivity index (χ0) is 8.10. The summed E-state index contributed by atoms with van der Waals surface area (Å²) in [5, 5.41) is 0. The first-order valence-corrected chi connectivity index (χ1v) is 3.41. The van der Waals surface area contributed by atoms with Crippen LogP contribution in [0.25, 0.3) is 0 Å². The van der Waals surface area contributed by atoms with Crippen molar-refractivity contribution < 1.29 is 14.3 Å². The first-order chi connectivity index (χ1) is 5.33. The Balaban J connectivity index is 2.36. The molecule has 1 rings (SSSR count). The molecule has 60 valence electrons. The van der Waals surface area contributed by atoms with Crippen molar-refractivity contribution in [2.45, 2.75) is 12.5 Å². The molecule has 0 spiro atoms. The Labute approximate surface area is 65.3 Å². The van der Waals surface area contributed by atoms with Gasteiger partial charge >= 0.3 is 6.16 Å². The van der Waals surface area contributed by atoms with Crippen LogP contribution in [-0.4, -0.2) is 19.4 Å². The lowest BCUT2D eigenvalue weighted by molar-refractivity contribution is 0.0647. The van der Waals surface area contributed by atoms with Crippen LogP contribution < -0.4 is 0 Å². The molecular formula is C8H10O3. The fraction of sp³-hybridized carbons (Fsp3) is 0.375. The summed E-state index contributed by atoms with van der Waals surface area (Å²) in [6.45, 7) is 0. The van der Waals surface area contributed by atoms with Gasteiger partial charge in [0.15, 0.2) is 0 Å². The first kappa shape index (κ1) is 7.85. The van der Waals surface area contributed by atoms with Crippen LogP contribution in [0.1, 0.15) is 6.42 Å². The normalized spacial score (nSPS) is 16.5. The maximum absolute atomic E-state index is 10.6. The fourth-order valence-corrected chi connectivity index (χ4v) is 0.806. The Bertz CT molecular complexity index is 182. The highest BCUT2D eigenvalue weighted by molar-refractivity contribution is 5.60. The van der Waals surface area contributed by atoms with Crippen LogP contribution in [0.5, 0.6) is 0 Å². The van der Waals surface area contributed by atoms with Gasteiger partial charge in [-0.2, -0.15) is 0 Å². The summed E-state index contributed by atoms with van der Waals surface area (Å²) >= 11 is 0. The van der Waals surface area contributed by atoms with Gasteiger partial charge in [-0.05, 0) is 18.6 Å². The van der Waals surface area contributed by atoms with Gasteiger partial charge in [-0.3, -0.25) is 0 Å². The first-order valence-electron chi connectivity index (χ1n) is 3.41. The van der Waals surface area contributed by atoms with Crippen molar-refractivity contribution in [3.63, 3.8) is 0 Å². The van der Waals surface area contributed by atoms with E-state index in [9.17, 15) is 4.79 Å². The summed E-state index contributed by atoms with van der Waals surface area (Å²) in [4.78, 5) is 10.6. The number of methoxy groups -OCH3 is 1. The number of ether oxygens (including phenoxy) is 2. The maximum Gasteiger partial charge on any atom is 0.508 e. The molecule has 0 fully saturated rings. The largest absolute Gasteiger partial charge is 0.508 e. The topological polar surface area (TPSA) is 35.5 Å². The van der Waals surface area contributed by atoms with Crippen molar-refractivity contribution in [3.05, 3.63) is 24.3 Å². The molecule has 11 heavy (non-hydrogen) atoms. The fourth-order valence-electron chi connectivity index (χ4n) is 0.806. The van der Waals surface area contributed by atoms with E-state index in [0.29, 0.717) is 0 Å². The van der Waals surface area contributed by atoms with Crippen molar-refractivity contribution in [1.82, 2.24) is 0 Å². The Morgan fingerprint density at radius 3 is 2.64 bits per heavy atom. The molecule has 0 amide bonds. The molecule has 0 N–H and O–H groups in total. The molecular weight excluding hydrogens is 144 g/mol. The molecule has 0 heterocycles. The highest BCUT2D eigenvalue weighted by Crippen LogP contribution is 2.05. The number of hydrogen-bond donors (Lipinski definition) is 0. The number of carbonyl (C=O) groups excluding carboxylic acids is 1. The molecule has 0 unspecified atom stereocenters. The molecule has 0 atom stereocenters. The lowest BCUT2D eigenvalue weighted by atomic mass is 10.2. The minimum Gasteiger partial charge on any atom is -0.438 e. The summed E-state index contributed by atoms with van der Waals surface area (Å²) < 4.78 is 9.13. The minimum absolute atomic E-state index is 0.254. The zero-order valence-electron chi connectivity index (χ0n) is 6.32. The minimum atomic E-state index is -0.647. The van der Waals surface area contributed by atoms with Gasteiger partial charge in [0.1, 0.15) is 6.10 Å². The van der Waals surface area contributed by atoms with Gasteiger partial charge in [0.25, 0.3) is 0 Å². The predicted octanol–water partition coefficient (Wildman–Crippen LogP) is 1.65. The Kier molecular flexibility index (Phi) is 2.72. The van der Waals surface area contributed by atoms with Crippen molar-refractivity contribution in [2.75, 3.05) is 7.11 Å². The average Bonchev–Trinajstić information content (AvgIpc) is 2.06. The monoisotopic (exact) mass is 154 g/mol. The van der Waals surface area contributed by atoms with E-state index in [0.717, 1.165) is 6.42 Å². The molecule has 0 aromatic carbocycles. The van der Waals surface area contributed by atoms with Crippen LogP contribution in [0.2, 0.25) is 0 Å². The van der Waals surface area contributed by atoms with E-state index in [1.807, 2.05) is 24.3 Å². The molecule has 0 saturated carbocycles. The summed E-state index contributed by atoms with van der Waals surface area (Å²) in [6, 6.07) is 0. The average molecular weight is 154 g/mol. The summed E-state index contributed by atoms with van der Waals surface area (Å²) in [7, 11) is 1.29. The molecule has 0 aromatic rings.